The van der Waals surface area contributed by atoms with Gasteiger partial charge in [-0.15, -0.1) is 0 Å². The largest absolute Gasteiger partial charge is 0.472 e. The summed E-state index contributed by atoms with van der Waals surface area (Å²) in [7, 11) is 0. The van der Waals surface area contributed by atoms with Gasteiger partial charge >= 0.3 is 5.97 Å². The number of ether oxygens (including phenoxy) is 2. The monoisotopic (exact) mass is 285 g/mol. The Morgan fingerprint density at radius 1 is 1.10 bits per heavy atom. The first-order valence-corrected chi connectivity index (χ1v) is 6.81. The van der Waals surface area contributed by atoms with Crippen LogP contribution in [0.3, 0.4) is 0 Å². The van der Waals surface area contributed by atoms with Gasteiger partial charge in [-0.3, -0.25) is 0 Å². The van der Waals surface area contributed by atoms with Crippen molar-refractivity contribution < 1.29 is 14.3 Å². The minimum Gasteiger partial charge on any atom is -0.472 e. The second-order valence-corrected chi connectivity index (χ2v) is 5.63. The van der Waals surface area contributed by atoms with Gasteiger partial charge in [0.2, 0.25) is 5.88 Å². The number of esters is 1. The van der Waals surface area contributed by atoms with Crippen molar-refractivity contribution in [1.82, 2.24) is 4.98 Å². The van der Waals surface area contributed by atoms with Gasteiger partial charge in [-0.1, -0.05) is 30.3 Å². The van der Waals surface area contributed by atoms with Crippen LogP contribution in [-0.2, 0) is 11.3 Å². The zero-order valence-electron chi connectivity index (χ0n) is 12.5. The lowest BCUT2D eigenvalue weighted by molar-refractivity contribution is 0.00645. The van der Waals surface area contributed by atoms with E-state index < -0.39 is 11.6 Å². The van der Waals surface area contributed by atoms with Gasteiger partial charge in [0.25, 0.3) is 0 Å². The number of nitrogens with zero attached hydrogens (tertiary/aromatic N) is 1. The van der Waals surface area contributed by atoms with Crippen molar-refractivity contribution in [3.05, 3.63) is 59.8 Å². The van der Waals surface area contributed by atoms with Crippen LogP contribution < -0.4 is 4.74 Å². The van der Waals surface area contributed by atoms with E-state index in [1.165, 1.54) is 0 Å². The molecular weight excluding hydrogens is 266 g/mol. The Bertz CT molecular complexity index is 603. The third kappa shape index (κ3) is 4.60. The van der Waals surface area contributed by atoms with E-state index in [1.54, 1.807) is 18.3 Å². The van der Waals surface area contributed by atoms with Gasteiger partial charge in [-0.25, -0.2) is 9.78 Å². The van der Waals surface area contributed by atoms with E-state index >= 15 is 0 Å². The SMILES string of the molecule is CC(C)(C)OC(=O)c1cccnc1OCc1ccccc1. The number of carbonyl (C=O) groups excluding carboxylic acids is 1. The van der Waals surface area contributed by atoms with E-state index in [0.29, 0.717) is 12.2 Å². The van der Waals surface area contributed by atoms with Crippen LogP contribution in [-0.4, -0.2) is 16.6 Å². The summed E-state index contributed by atoms with van der Waals surface area (Å²) in [4.78, 5) is 16.3. The second kappa shape index (κ2) is 6.39. The van der Waals surface area contributed by atoms with Gasteiger partial charge in [0.15, 0.2) is 0 Å². The third-order valence-electron chi connectivity index (χ3n) is 2.61. The molecule has 0 atom stereocenters. The van der Waals surface area contributed by atoms with Crippen LogP contribution >= 0.6 is 0 Å². The Hall–Kier alpha value is -2.36. The van der Waals surface area contributed by atoms with E-state index in [4.69, 9.17) is 9.47 Å². The second-order valence-electron chi connectivity index (χ2n) is 5.63. The molecule has 4 heteroatoms. The standard InChI is InChI=1S/C17H19NO3/c1-17(2,3)21-16(19)14-10-7-11-18-15(14)20-12-13-8-5-4-6-9-13/h4-11H,12H2,1-3H3. The molecular formula is C17H19NO3. The molecule has 4 nitrogen and oxygen atoms in total. The molecule has 0 N–H and O–H groups in total. The number of hydrogen-bond acceptors (Lipinski definition) is 4. The van der Waals surface area contributed by atoms with E-state index in [9.17, 15) is 4.79 Å². The van der Waals surface area contributed by atoms with Crippen molar-refractivity contribution in [3.63, 3.8) is 0 Å². The van der Waals surface area contributed by atoms with E-state index in [-0.39, 0.29) is 5.88 Å². The molecule has 0 fully saturated rings. The molecule has 0 amide bonds. The Morgan fingerprint density at radius 3 is 2.48 bits per heavy atom. The predicted molar refractivity (Wildman–Crippen MR) is 80.2 cm³/mol. The molecule has 0 aliphatic rings. The zero-order valence-corrected chi connectivity index (χ0v) is 12.5. The smallest absolute Gasteiger partial charge is 0.344 e. The molecule has 0 spiro atoms. The molecule has 0 aliphatic heterocycles. The van der Waals surface area contributed by atoms with Crippen molar-refractivity contribution in [2.75, 3.05) is 0 Å². The molecule has 0 bridgehead atoms. The molecule has 1 heterocycles. The quantitative estimate of drug-likeness (QED) is 0.805. The van der Waals surface area contributed by atoms with Crippen molar-refractivity contribution in [3.8, 4) is 5.88 Å². The Labute approximate surface area is 124 Å². The highest BCUT2D eigenvalue weighted by atomic mass is 16.6. The first kappa shape index (κ1) is 15.0. The molecule has 1 aromatic carbocycles. The van der Waals surface area contributed by atoms with Gasteiger partial charge in [0.05, 0.1) is 0 Å². The molecule has 0 aliphatic carbocycles. The normalized spacial score (nSPS) is 11.0. The molecule has 0 saturated carbocycles. The summed E-state index contributed by atoms with van der Waals surface area (Å²) >= 11 is 0. The summed E-state index contributed by atoms with van der Waals surface area (Å²) in [5.41, 5.74) is 0.797. The van der Waals surface area contributed by atoms with Crippen molar-refractivity contribution in [2.45, 2.75) is 33.0 Å². The van der Waals surface area contributed by atoms with Crippen molar-refractivity contribution in [1.29, 1.82) is 0 Å². The lowest BCUT2D eigenvalue weighted by Crippen LogP contribution is -2.24. The van der Waals surface area contributed by atoms with Crippen molar-refractivity contribution >= 4 is 5.97 Å². The van der Waals surface area contributed by atoms with Gasteiger partial charge in [-0.2, -0.15) is 0 Å². The summed E-state index contributed by atoms with van der Waals surface area (Å²) in [6.45, 7) is 5.83. The van der Waals surface area contributed by atoms with Crippen LogP contribution in [0.1, 0.15) is 36.7 Å². The van der Waals surface area contributed by atoms with Crippen LogP contribution in [0.15, 0.2) is 48.7 Å². The topological polar surface area (TPSA) is 48.4 Å². The lowest BCUT2D eigenvalue weighted by Gasteiger charge is -2.20. The maximum absolute atomic E-state index is 12.2. The molecule has 21 heavy (non-hydrogen) atoms. The van der Waals surface area contributed by atoms with Gasteiger partial charge in [0.1, 0.15) is 17.8 Å². The minimum absolute atomic E-state index is 0.288. The van der Waals surface area contributed by atoms with Crippen LogP contribution in [0.25, 0.3) is 0 Å². The molecule has 2 aromatic rings. The maximum atomic E-state index is 12.2. The summed E-state index contributed by atoms with van der Waals surface area (Å²) in [6.07, 6.45) is 1.59. The average Bonchev–Trinajstić information content (AvgIpc) is 2.45. The Kier molecular flexibility index (Phi) is 4.58. The molecule has 2 rings (SSSR count). The summed E-state index contributed by atoms with van der Waals surface area (Å²) in [6, 6.07) is 13.1. The van der Waals surface area contributed by atoms with Gasteiger partial charge in [0, 0.05) is 6.20 Å². The zero-order chi connectivity index (χ0) is 15.3. The minimum atomic E-state index is -0.552. The number of rotatable bonds is 4. The third-order valence-corrected chi connectivity index (χ3v) is 2.61. The van der Waals surface area contributed by atoms with Crippen molar-refractivity contribution in [2.24, 2.45) is 0 Å². The summed E-state index contributed by atoms with van der Waals surface area (Å²) < 4.78 is 11.0. The molecule has 1 aromatic heterocycles. The Morgan fingerprint density at radius 2 is 1.81 bits per heavy atom. The predicted octanol–water partition coefficient (Wildman–Crippen LogP) is 3.62. The molecule has 110 valence electrons. The maximum Gasteiger partial charge on any atom is 0.344 e. The summed E-state index contributed by atoms with van der Waals surface area (Å²) in [5.74, 6) is -0.144. The first-order chi connectivity index (χ1) is 9.96. The van der Waals surface area contributed by atoms with Gasteiger partial charge in [-0.05, 0) is 38.5 Å². The lowest BCUT2D eigenvalue weighted by atomic mass is 10.2. The average molecular weight is 285 g/mol. The van der Waals surface area contributed by atoms with Crippen LogP contribution in [0.5, 0.6) is 5.88 Å². The van der Waals surface area contributed by atoms with Crippen LogP contribution in [0, 0.1) is 0 Å². The number of benzene rings is 1. The molecule has 0 saturated heterocycles. The van der Waals surface area contributed by atoms with Crippen LogP contribution in [0.4, 0.5) is 0 Å². The Balaban J connectivity index is 2.12. The van der Waals surface area contributed by atoms with E-state index in [2.05, 4.69) is 4.98 Å². The number of aromatic nitrogens is 1. The van der Waals surface area contributed by atoms with E-state index in [1.807, 2.05) is 51.1 Å². The fourth-order valence-corrected chi connectivity index (χ4v) is 1.72. The number of hydrogen-bond donors (Lipinski definition) is 0. The highest BCUT2D eigenvalue weighted by Crippen LogP contribution is 2.20. The number of carbonyl (C=O) groups is 1. The van der Waals surface area contributed by atoms with Crippen LogP contribution in [0.2, 0.25) is 0 Å². The fraction of sp³-hybridized carbons (Fsp3) is 0.294. The van der Waals surface area contributed by atoms with Gasteiger partial charge < -0.3 is 9.47 Å². The molecule has 0 radical (unpaired) electrons. The summed E-state index contributed by atoms with van der Waals surface area (Å²) in [5, 5.41) is 0. The highest BCUT2D eigenvalue weighted by Gasteiger charge is 2.21. The fourth-order valence-electron chi connectivity index (χ4n) is 1.72. The molecule has 0 unspecified atom stereocenters. The van der Waals surface area contributed by atoms with E-state index in [0.717, 1.165) is 5.56 Å². The highest BCUT2D eigenvalue weighted by molar-refractivity contribution is 5.92. The number of pyridine rings is 1. The first-order valence-electron chi connectivity index (χ1n) is 6.81.